The lowest BCUT2D eigenvalue weighted by molar-refractivity contribution is -0.152. The summed E-state index contributed by atoms with van der Waals surface area (Å²) in [6, 6.07) is 10.5. The summed E-state index contributed by atoms with van der Waals surface area (Å²) in [4.78, 5) is 16.8. The number of anilines is 1. The van der Waals surface area contributed by atoms with Crippen molar-refractivity contribution in [1.29, 1.82) is 0 Å². The van der Waals surface area contributed by atoms with Gasteiger partial charge in [-0.25, -0.2) is 14.1 Å². The molecule has 0 spiro atoms. The highest BCUT2D eigenvalue weighted by atomic mass is 31.2. The number of nitrogens with one attached hydrogen (secondary N) is 1. The van der Waals surface area contributed by atoms with Gasteiger partial charge in [0, 0.05) is 6.04 Å². The second kappa shape index (κ2) is 11.9. The van der Waals surface area contributed by atoms with Gasteiger partial charge in [-0.1, -0.05) is 18.2 Å². The molecule has 0 amide bonds. The summed E-state index contributed by atoms with van der Waals surface area (Å²) >= 11 is 0. The van der Waals surface area contributed by atoms with Gasteiger partial charge < -0.3 is 35.7 Å². The topological polar surface area (TPSA) is 206 Å². The number of aliphatic hydroxyl groups is 2. The second-order valence-electron chi connectivity index (χ2n) is 11.1. The normalized spacial score (nSPS) is 30.1. The van der Waals surface area contributed by atoms with E-state index in [4.69, 9.17) is 30.0 Å². The van der Waals surface area contributed by atoms with E-state index in [1.54, 1.807) is 42.5 Å². The van der Waals surface area contributed by atoms with E-state index in [9.17, 15) is 19.6 Å². The Balaban J connectivity index is 1.31. The van der Waals surface area contributed by atoms with Gasteiger partial charge >= 0.3 is 13.7 Å². The molecule has 3 aromatic rings. The summed E-state index contributed by atoms with van der Waals surface area (Å²) in [6.45, 7) is 2.20. The van der Waals surface area contributed by atoms with Crippen molar-refractivity contribution in [3.63, 3.8) is 0 Å². The van der Waals surface area contributed by atoms with E-state index in [0.29, 0.717) is 18.4 Å². The molecule has 1 saturated carbocycles. The monoisotopic (exact) mass is 604 g/mol. The van der Waals surface area contributed by atoms with Gasteiger partial charge in [0.25, 0.3) is 0 Å². The molecule has 42 heavy (non-hydrogen) atoms. The average molecular weight is 605 g/mol. The number of nitrogens with two attached hydrogens (primary N) is 2. The predicted octanol–water partition coefficient (Wildman–Crippen LogP) is 1.64. The van der Waals surface area contributed by atoms with Crippen LogP contribution in [0.4, 0.5) is 5.82 Å². The number of ether oxygens (including phenoxy) is 2. The lowest BCUT2D eigenvalue weighted by atomic mass is 9.86. The minimum absolute atomic E-state index is 0.0957. The van der Waals surface area contributed by atoms with Crippen molar-refractivity contribution in [1.82, 2.24) is 19.7 Å². The fraction of sp³-hybridized carbons (Fsp3) is 0.519. The number of rotatable bonds is 10. The van der Waals surface area contributed by atoms with Gasteiger partial charge in [0.15, 0.2) is 11.4 Å². The third-order valence-electron chi connectivity index (χ3n) is 7.77. The Kier molecular flexibility index (Phi) is 8.59. The molecular formula is C27H37N6O8P. The van der Waals surface area contributed by atoms with Crippen molar-refractivity contribution in [2.45, 2.75) is 75.0 Å². The highest BCUT2D eigenvalue weighted by Crippen LogP contribution is 2.48. The van der Waals surface area contributed by atoms with E-state index in [-0.39, 0.29) is 36.0 Å². The van der Waals surface area contributed by atoms with Crippen LogP contribution < -0.4 is 21.1 Å². The van der Waals surface area contributed by atoms with Crippen LogP contribution in [0, 0.1) is 0 Å². The molecule has 2 aliphatic rings. The molecule has 7 N–H and O–H groups in total. The van der Waals surface area contributed by atoms with Crippen molar-refractivity contribution in [3.05, 3.63) is 54.5 Å². The second-order valence-corrected chi connectivity index (χ2v) is 12.8. The van der Waals surface area contributed by atoms with E-state index in [2.05, 4.69) is 15.2 Å². The van der Waals surface area contributed by atoms with Crippen LogP contribution in [0.25, 0.3) is 5.52 Å². The first-order valence-electron chi connectivity index (χ1n) is 13.8. The third kappa shape index (κ3) is 6.16. The summed E-state index contributed by atoms with van der Waals surface area (Å²) in [5.41, 5.74) is 9.08. The van der Waals surface area contributed by atoms with Crippen LogP contribution in [0.15, 0.2) is 48.8 Å². The van der Waals surface area contributed by atoms with Gasteiger partial charge in [-0.15, -0.1) is 0 Å². The van der Waals surface area contributed by atoms with Crippen molar-refractivity contribution in [2.75, 3.05) is 18.9 Å². The largest absolute Gasteiger partial charge is 0.461 e. The molecular weight excluding hydrogens is 567 g/mol. The average Bonchev–Trinajstić information content (AvgIpc) is 3.51. The van der Waals surface area contributed by atoms with Gasteiger partial charge in [0.2, 0.25) is 0 Å². The minimum Gasteiger partial charge on any atom is -0.461 e. The lowest BCUT2D eigenvalue weighted by Crippen LogP contribution is -2.50. The van der Waals surface area contributed by atoms with Gasteiger partial charge in [-0.2, -0.15) is 10.2 Å². The molecule has 1 aliphatic heterocycles. The van der Waals surface area contributed by atoms with Crippen LogP contribution in [0.1, 0.15) is 45.2 Å². The number of aromatic nitrogens is 3. The lowest BCUT2D eigenvalue weighted by Gasteiger charge is -2.33. The molecule has 1 aliphatic carbocycles. The molecule has 15 heteroatoms. The number of benzene rings is 1. The first-order valence-corrected chi connectivity index (χ1v) is 15.3. The van der Waals surface area contributed by atoms with Gasteiger partial charge in [0.05, 0.1) is 18.9 Å². The zero-order valence-electron chi connectivity index (χ0n) is 23.5. The number of hydrogen-bond donors (Lipinski definition) is 5. The van der Waals surface area contributed by atoms with Gasteiger partial charge in [0.1, 0.15) is 41.4 Å². The smallest absolute Gasteiger partial charge is 0.459 e. The third-order valence-corrected chi connectivity index (χ3v) is 9.40. The molecule has 0 bridgehead atoms. The molecule has 1 aromatic carbocycles. The number of carbonyl (C=O) groups is 1. The standard InChI is InChI=1S/C27H37N6O8P/c1-17(24(34)40-19-10-8-18(28)9-11-19)32-42(37,41-20-6-4-3-5-7-20)39-14-26(2)25(35)27(36,15-38-26)22-13-12-21-23(29)30-16-31-33(21)22/h3-7,12-13,16-19,25,35-36H,8-11,14-15,28H2,1-2H3,(H,32,37)(H2,29,30,31)/t17-,18-,19-,25+,26+,27+,42?/m0/s1. The van der Waals surface area contributed by atoms with Crippen LogP contribution in [0.5, 0.6) is 5.75 Å². The number of nitrogens with zero attached hydrogens (tertiary/aromatic N) is 3. The maximum Gasteiger partial charge on any atom is 0.459 e. The summed E-state index contributed by atoms with van der Waals surface area (Å²) in [6.07, 6.45) is 2.22. The van der Waals surface area contributed by atoms with Crippen molar-refractivity contribution < 1.29 is 38.1 Å². The Bertz CT molecular complexity index is 1450. The van der Waals surface area contributed by atoms with Crippen LogP contribution in [0.2, 0.25) is 0 Å². The SMILES string of the molecule is C[C@H](NP(=O)(OC[C@@]1(C)OC[C@@](O)(c2ccc3c(N)ncnn23)[C@@H]1O)Oc1ccccc1)C(=O)O[C@H]1CC[C@H](N)CC1. The number of aliphatic hydroxyl groups excluding tert-OH is 1. The summed E-state index contributed by atoms with van der Waals surface area (Å²) in [7, 11) is -4.27. The Morgan fingerprint density at radius 3 is 2.67 bits per heavy atom. The predicted molar refractivity (Wildman–Crippen MR) is 151 cm³/mol. The van der Waals surface area contributed by atoms with E-state index >= 15 is 0 Å². The number of para-hydroxylation sites is 1. The van der Waals surface area contributed by atoms with Crippen LogP contribution in [-0.4, -0.2) is 73.9 Å². The van der Waals surface area contributed by atoms with E-state index in [1.165, 1.54) is 24.7 Å². The fourth-order valence-electron chi connectivity index (χ4n) is 5.24. The summed E-state index contributed by atoms with van der Waals surface area (Å²) in [5, 5.41) is 29.7. The molecule has 228 valence electrons. The van der Waals surface area contributed by atoms with Crippen molar-refractivity contribution in [2.24, 2.45) is 5.73 Å². The molecule has 1 unspecified atom stereocenters. The molecule has 14 nitrogen and oxygen atoms in total. The first kappa shape index (κ1) is 30.4. The van der Waals surface area contributed by atoms with E-state index in [0.717, 1.165) is 12.8 Å². The number of esters is 1. The summed E-state index contributed by atoms with van der Waals surface area (Å²) < 4.78 is 38.4. The Labute approximate surface area is 242 Å². The zero-order chi connectivity index (χ0) is 30.1. The quantitative estimate of drug-likeness (QED) is 0.165. The molecule has 2 aromatic heterocycles. The number of carbonyl (C=O) groups excluding carboxylic acids is 1. The number of nitrogen functional groups attached to an aromatic ring is 1. The van der Waals surface area contributed by atoms with Crippen molar-refractivity contribution in [3.8, 4) is 5.75 Å². The Morgan fingerprint density at radius 1 is 1.24 bits per heavy atom. The van der Waals surface area contributed by atoms with E-state index in [1.807, 2.05) is 0 Å². The van der Waals surface area contributed by atoms with Crippen LogP contribution in [0.3, 0.4) is 0 Å². The summed E-state index contributed by atoms with van der Waals surface area (Å²) in [5.74, 6) is -0.194. The molecule has 1 saturated heterocycles. The molecule has 5 rings (SSSR count). The van der Waals surface area contributed by atoms with Gasteiger partial charge in [-0.05, 0) is 63.8 Å². The maximum absolute atomic E-state index is 14.0. The highest BCUT2D eigenvalue weighted by Gasteiger charge is 2.58. The van der Waals surface area contributed by atoms with Crippen molar-refractivity contribution >= 4 is 25.1 Å². The Hall–Kier alpha value is -3.10. The highest BCUT2D eigenvalue weighted by molar-refractivity contribution is 7.52. The van der Waals surface area contributed by atoms with Crippen LogP contribution >= 0.6 is 7.75 Å². The zero-order valence-corrected chi connectivity index (χ0v) is 24.4. The van der Waals surface area contributed by atoms with Crippen LogP contribution in [-0.2, 0) is 29.0 Å². The fourth-order valence-corrected chi connectivity index (χ4v) is 6.82. The van der Waals surface area contributed by atoms with E-state index < -0.39 is 43.7 Å². The number of hydrogen-bond acceptors (Lipinski definition) is 12. The minimum atomic E-state index is -4.27. The molecule has 2 fully saturated rings. The Morgan fingerprint density at radius 2 is 1.95 bits per heavy atom. The molecule has 0 radical (unpaired) electrons. The number of fused-ring (bicyclic) bond motifs is 1. The van der Waals surface area contributed by atoms with Gasteiger partial charge in [-0.3, -0.25) is 9.32 Å². The molecule has 5 atom stereocenters. The maximum atomic E-state index is 14.0. The molecule has 3 heterocycles. The first-order chi connectivity index (χ1) is 19.9.